The van der Waals surface area contributed by atoms with Gasteiger partial charge in [-0.2, -0.15) is 4.99 Å². The number of hydrogen-bond acceptors (Lipinski definition) is 9. The number of allylic oxidation sites excluding steroid dienone is 1. The van der Waals surface area contributed by atoms with E-state index in [0.717, 1.165) is 11.3 Å². The van der Waals surface area contributed by atoms with E-state index >= 15 is 0 Å². The monoisotopic (exact) mass is 539 g/mol. The van der Waals surface area contributed by atoms with E-state index in [0.29, 0.717) is 10.2 Å². The second-order valence-corrected chi connectivity index (χ2v) is 10.9. The smallest absolute Gasteiger partial charge is 0.409 e. The second kappa shape index (κ2) is 11.4. The quantitative estimate of drug-likeness (QED) is 0.272. The molecular formula is C21H25N5O8S2. The van der Waals surface area contributed by atoms with E-state index in [9.17, 15) is 32.9 Å². The van der Waals surface area contributed by atoms with Crippen molar-refractivity contribution in [1.82, 2.24) is 14.4 Å². The fraction of sp³-hybridized carbons (Fsp3) is 0.429. The lowest BCUT2D eigenvalue weighted by atomic mass is 10.3. The van der Waals surface area contributed by atoms with Gasteiger partial charge in [-0.15, -0.1) is 6.58 Å². The Balaban J connectivity index is 1.70. The lowest BCUT2D eigenvalue weighted by Gasteiger charge is -2.34. The van der Waals surface area contributed by atoms with Crippen LogP contribution in [0.5, 0.6) is 0 Å². The van der Waals surface area contributed by atoms with Crippen molar-refractivity contribution >= 4 is 55.0 Å². The highest BCUT2D eigenvalue weighted by atomic mass is 32.2. The summed E-state index contributed by atoms with van der Waals surface area (Å²) in [6, 6.07) is 4.19. The number of hydrogen-bond donors (Lipinski definition) is 0. The van der Waals surface area contributed by atoms with E-state index in [1.807, 2.05) is 0 Å². The molecule has 2 heterocycles. The van der Waals surface area contributed by atoms with Crippen molar-refractivity contribution < 1.29 is 32.5 Å². The molecule has 1 saturated heterocycles. The molecule has 0 unspecified atom stereocenters. The predicted octanol–water partition coefficient (Wildman–Crippen LogP) is 0.940. The van der Waals surface area contributed by atoms with Crippen LogP contribution in [-0.2, 0) is 30.7 Å². The number of piperazine rings is 1. The number of carbonyl (C=O) groups is 3. The van der Waals surface area contributed by atoms with E-state index in [1.54, 1.807) is 17.6 Å². The van der Waals surface area contributed by atoms with Crippen LogP contribution in [0.1, 0.15) is 6.92 Å². The molecule has 0 radical (unpaired) electrons. The predicted molar refractivity (Wildman–Crippen MR) is 131 cm³/mol. The van der Waals surface area contributed by atoms with Gasteiger partial charge in [-0.3, -0.25) is 19.7 Å². The second-order valence-electron chi connectivity index (χ2n) is 7.80. The number of sulfone groups is 1. The molecule has 3 amide bonds. The van der Waals surface area contributed by atoms with Crippen LogP contribution in [0.2, 0.25) is 0 Å². The molecule has 0 spiro atoms. The zero-order valence-corrected chi connectivity index (χ0v) is 21.1. The molecule has 0 saturated carbocycles. The summed E-state index contributed by atoms with van der Waals surface area (Å²) in [5, 5.41) is 11.1. The first-order valence-electron chi connectivity index (χ1n) is 10.9. The number of carbonyl (C=O) groups excluding carboxylic acids is 3. The summed E-state index contributed by atoms with van der Waals surface area (Å²) in [6.07, 6.45) is 1.06. The summed E-state index contributed by atoms with van der Waals surface area (Å²) in [7, 11) is -4.11. The van der Waals surface area contributed by atoms with Gasteiger partial charge in [0.1, 0.15) is 11.5 Å². The van der Waals surface area contributed by atoms with E-state index in [1.165, 1.54) is 28.0 Å². The number of rotatable bonds is 8. The molecule has 1 aromatic heterocycles. The molecule has 194 valence electrons. The molecule has 0 atom stereocenters. The van der Waals surface area contributed by atoms with Gasteiger partial charge in [0.15, 0.2) is 14.6 Å². The van der Waals surface area contributed by atoms with Crippen molar-refractivity contribution in [2.45, 2.75) is 13.5 Å². The van der Waals surface area contributed by atoms with Gasteiger partial charge in [-0.05, 0) is 13.0 Å². The number of amides is 3. The zero-order chi connectivity index (χ0) is 26.5. The Morgan fingerprint density at radius 1 is 1.19 bits per heavy atom. The number of nitro benzene ring substituents is 1. The van der Waals surface area contributed by atoms with Gasteiger partial charge in [-0.25, -0.2) is 13.2 Å². The molecule has 36 heavy (non-hydrogen) atoms. The number of nitro groups is 1. The number of thiazole rings is 1. The first-order chi connectivity index (χ1) is 17.0. The Morgan fingerprint density at radius 3 is 2.47 bits per heavy atom. The van der Waals surface area contributed by atoms with E-state index < -0.39 is 44.2 Å². The SMILES string of the molecule is C=CCn1c(=NC(=O)CS(=O)(=O)CC(=O)N2CCN(C(=O)OCC)CC2)sc2cc([N+](=O)[O-])ccc21. The summed E-state index contributed by atoms with van der Waals surface area (Å²) in [6.45, 7) is 6.54. The molecule has 0 N–H and O–H groups in total. The van der Waals surface area contributed by atoms with Gasteiger partial charge in [0.2, 0.25) is 5.91 Å². The minimum Gasteiger partial charge on any atom is -0.450 e. The molecule has 2 aromatic rings. The average molecular weight is 540 g/mol. The van der Waals surface area contributed by atoms with Crippen LogP contribution in [0, 0.1) is 10.1 Å². The third-order valence-electron chi connectivity index (χ3n) is 5.25. The van der Waals surface area contributed by atoms with Crippen molar-refractivity contribution in [2.75, 3.05) is 44.3 Å². The standard InChI is InChI=1S/C21H25N5O8S2/c1-3-7-25-16-6-5-15(26(30)31)12-17(16)35-20(25)22-18(27)13-36(32,33)14-19(28)23-8-10-24(11-9-23)21(29)34-4-2/h3,5-6,12H,1,4,7-11,13-14H2,2H3. The Labute approximate surface area is 210 Å². The number of nitrogens with zero attached hydrogens (tertiary/aromatic N) is 5. The number of benzene rings is 1. The van der Waals surface area contributed by atoms with Gasteiger partial charge < -0.3 is 19.1 Å². The number of aromatic nitrogens is 1. The largest absolute Gasteiger partial charge is 0.450 e. The molecule has 1 aromatic carbocycles. The molecule has 0 bridgehead atoms. The highest BCUT2D eigenvalue weighted by molar-refractivity contribution is 7.92. The molecule has 15 heteroatoms. The molecule has 1 fully saturated rings. The lowest BCUT2D eigenvalue weighted by Crippen LogP contribution is -2.52. The first-order valence-corrected chi connectivity index (χ1v) is 13.5. The number of non-ortho nitro benzene ring substituents is 1. The van der Waals surface area contributed by atoms with E-state index in [4.69, 9.17) is 4.74 Å². The van der Waals surface area contributed by atoms with Gasteiger partial charge in [0.25, 0.3) is 11.6 Å². The van der Waals surface area contributed by atoms with E-state index in [-0.39, 0.29) is 49.8 Å². The average Bonchev–Trinajstić information content (AvgIpc) is 3.14. The van der Waals surface area contributed by atoms with Gasteiger partial charge in [-0.1, -0.05) is 17.4 Å². The van der Waals surface area contributed by atoms with Crippen LogP contribution >= 0.6 is 11.3 Å². The van der Waals surface area contributed by atoms with Crippen molar-refractivity contribution in [3.63, 3.8) is 0 Å². The first kappa shape index (κ1) is 27.0. The molecule has 1 aliphatic rings. The third-order valence-corrected chi connectivity index (χ3v) is 7.67. The van der Waals surface area contributed by atoms with Crippen LogP contribution < -0.4 is 4.80 Å². The van der Waals surface area contributed by atoms with Gasteiger partial charge in [0, 0.05) is 44.9 Å². The summed E-state index contributed by atoms with van der Waals surface area (Å²) in [5.74, 6) is -3.46. The summed E-state index contributed by atoms with van der Waals surface area (Å²) >= 11 is 1.00. The minimum absolute atomic E-state index is 0.128. The van der Waals surface area contributed by atoms with Crippen LogP contribution in [0.15, 0.2) is 35.8 Å². The minimum atomic E-state index is -4.11. The Morgan fingerprint density at radius 2 is 1.86 bits per heavy atom. The fourth-order valence-electron chi connectivity index (χ4n) is 3.58. The third kappa shape index (κ3) is 6.54. The Hall–Kier alpha value is -3.59. The van der Waals surface area contributed by atoms with Crippen molar-refractivity contribution in [1.29, 1.82) is 0 Å². The summed E-state index contributed by atoms with van der Waals surface area (Å²) in [5.41, 5.74) is 0.452. The molecule has 1 aliphatic heterocycles. The highest BCUT2D eigenvalue weighted by Crippen LogP contribution is 2.23. The van der Waals surface area contributed by atoms with Crippen molar-refractivity contribution in [3.8, 4) is 0 Å². The Kier molecular flexibility index (Phi) is 8.57. The fourth-order valence-corrected chi connectivity index (χ4v) is 5.77. The maximum Gasteiger partial charge on any atom is 0.409 e. The molecule has 13 nitrogen and oxygen atoms in total. The van der Waals surface area contributed by atoms with Crippen molar-refractivity contribution in [2.24, 2.45) is 4.99 Å². The van der Waals surface area contributed by atoms with Crippen LogP contribution in [-0.4, -0.2) is 89.9 Å². The molecule has 0 aliphatic carbocycles. The number of fused-ring (bicyclic) bond motifs is 1. The van der Waals surface area contributed by atoms with Gasteiger partial charge in [0.05, 0.1) is 21.7 Å². The summed E-state index contributed by atoms with van der Waals surface area (Å²) in [4.78, 5) is 54.1. The molecule has 3 rings (SSSR count). The summed E-state index contributed by atoms with van der Waals surface area (Å²) < 4.78 is 32.1. The Bertz CT molecular complexity index is 1370. The van der Waals surface area contributed by atoms with Crippen molar-refractivity contribution in [3.05, 3.63) is 45.8 Å². The van der Waals surface area contributed by atoms with Crippen LogP contribution in [0.4, 0.5) is 10.5 Å². The topological polar surface area (TPSA) is 161 Å². The number of ether oxygens (including phenoxy) is 1. The van der Waals surface area contributed by atoms with Crippen LogP contribution in [0.3, 0.4) is 0 Å². The van der Waals surface area contributed by atoms with Gasteiger partial charge >= 0.3 is 6.09 Å². The zero-order valence-electron chi connectivity index (χ0n) is 19.5. The molecular weight excluding hydrogens is 514 g/mol. The lowest BCUT2D eigenvalue weighted by molar-refractivity contribution is -0.384. The normalized spacial score (nSPS) is 14.6. The highest BCUT2D eigenvalue weighted by Gasteiger charge is 2.28. The van der Waals surface area contributed by atoms with E-state index in [2.05, 4.69) is 11.6 Å². The van der Waals surface area contributed by atoms with Crippen LogP contribution in [0.25, 0.3) is 10.2 Å². The maximum atomic E-state index is 12.5. The maximum absolute atomic E-state index is 12.5.